The Morgan fingerprint density at radius 2 is 1.76 bits per heavy atom. The van der Waals surface area contributed by atoms with Gasteiger partial charge in [-0.15, -0.1) is 0 Å². The lowest BCUT2D eigenvalue weighted by Gasteiger charge is -2.25. The molecule has 190 valence electrons. The maximum atomic E-state index is 13.3. The summed E-state index contributed by atoms with van der Waals surface area (Å²) in [5.41, 5.74) is 2.82. The van der Waals surface area contributed by atoms with Crippen molar-refractivity contribution >= 4 is 34.7 Å². The average Bonchev–Trinajstić information content (AvgIpc) is 3.13. The van der Waals surface area contributed by atoms with Gasteiger partial charge < -0.3 is 15.2 Å². The fourth-order valence-electron chi connectivity index (χ4n) is 4.24. The van der Waals surface area contributed by atoms with Crippen molar-refractivity contribution in [2.45, 2.75) is 33.7 Å². The van der Waals surface area contributed by atoms with Crippen LogP contribution in [0.1, 0.15) is 43.5 Å². The summed E-state index contributed by atoms with van der Waals surface area (Å²) in [6.07, 6.45) is 3.14. The Morgan fingerprint density at radius 3 is 2.35 bits per heavy atom. The highest BCUT2D eigenvalue weighted by atomic mass is 16.5. The molecule has 4 rings (SSSR count). The van der Waals surface area contributed by atoms with Crippen LogP contribution in [0.5, 0.6) is 5.75 Å². The third kappa shape index (κ3) is 5.38. The van der Waals surface area contributed by atoms with Crippen LogP contribution in [0, 0.1) is 12.8 Å². The molecule has 8 heteroatoms. The van der Waals surface area contributed by atoms with Crippen LogP contribution in [-0.2, 0) is 14.4 Å². The number of Topliss-reactive ketones (excluding diaryl/α,β-unsaturated/α-hetero) is 1. The number of aryl methyl sites for hydroxylation is 1. The lowest BCUT2D eigenvalue weighted by molar-refractivity contribution is -0.132. The Labute approximate surface area is 215 Å². The van der Waals surface area contributed by atoms with Gasteiger partial charge in [-0.3, -0.25) is 24.3 Å². The van der Waals surface area contributed by atoms with E-state index in [9.17, 15) is 19.5 Å². The van der Waals surface area contributed by atoms with Crippen LogP contribution in [0.15, 0.2) is 72.6 Å². The zero-order valence-corrected chi connectivity index (χ0v) is 21.2. The van der Waals surface area contributed by atoms with Gasteiger partial charge in [-0.1, -0.05) is 13.8 Å². The average molecular weight is 500 g/mol. The molecule has 8 nitrogen and oxygen atoms in total. The minimum atomic E-state index is -0.869. The van der Waals surface area contributed by atoms with E-state index < -0.39 is 17.7 Å². The second kappa shape index (κ2) is 10.7. The van der Waals surface area contributed by atoms with Gasteiger partial charge in [0.15, 0.2) is 0 Å². The molecule has 0 spiro atoms. The summed E-state index contributed by atoms with van der Waals surface area (Å²) >= 11 is 0. The van der Waals surface area contributed by atoms with E-state index in [1.165, 1.54) is 11.8 Å². The number of hydrogen-bond donors (Lipinski definition) is 2. The van der Waals surface area contributed by atoms with Gasteiger partial charge in [0.1, 0.15) is 11.5 Å². The summed E-state index contributed by atoms with van der Waals surface area (Å²) in [5, 5.41) is 14.0. The lowest BCUT2D eigenvalue weighted by atomic mass is 9.95. The minimum Gasteiger partial charge on any atom is -0.507 e. The number of ether oxygens (including phenoxy) is 1. The molecule has 3 aromatic rings. The van der Waals surface area contributed by atoms with Crippen molar-refractivity contribution in [3.63, 3.8) is 0 Å². The molecular weight excluding hydrogens is 470 g/mol. The number of amides is 2. The van der Waals surface area contributed by atoms with Gasteiger partial charge in [-0.25, -0.2) is 0 Å². The van der Waals surface area contributed by atoms with Crippen LogP contribution >= 0.6 is 0 Å². The van der Waals surface area contributed by atoms with Crippen molar-refractivity contribution in [1.29, 1.82) is 0 Å². The number of benzene rings is 2. The molecule has 1 saturated heterocycles. The molecule has 1 aliphatic rings. The molecule has 2 heterocycles. The number of aliphatic hydroxyl groups excluding tert-OH is 1. The third-order valence-corrected chi connectivity index (χ3v) is 5.95. The molecule has 1 fully saturated rings. The first-order chi connectivity index (χ1) is 17.7. The summed E-state index contributed by atoms with van der Waals surface area (Å²) in [4.78, 5) is 43.4. The fraction of sp³-hybridized carbons (Fsp3) is 0.241. The van der Waals surface area contributed by atoms with Gasteiger partial charge in [0.05, 0.1) is 18.2 Å². The minimum absolute atomic E-state index is 0.0163. The number of anilines is 2. The van der Waals surface area contributed by atoms with E-state index in [1.807, 2.05) is 6.92 Å². The van der Waals surface area contributed by atoms with Crippen LogP contribution in [0.3, 0.4) is 0 Å². The normalized spacial score (nSPS) is 16.8. The summed E-state index contributed by atoms with van der Waals surface area (Å²) < 4.78 is 5.84. The molecular formula is C29H29N3O5. The van der Waals surface area contributed by atoms with E-state index in [0.717, 1.165) is 5.56 Å². The lowest BCUT2D eigenvalue weighted by Crippen LogP contribution is -2.29. The first-order valence-electron chi connectivity index (χ1n) is 12.0. The molecule has 2 aromatic carbocycles. The molecule has 37 heavy (non-hydrogen) atoms. The number of carbonyl (C=O) groups excluding carboxylic acids is 3. The van der Waals surface area contributed by atoms with Gasteiger partial charge in [0.2, 0.25) is 5.91 Å². The largest absolute Gasteiger partial charge is 0.507 e. The molecule has 1 aliphatic heterocycles. The maximum Gasteiger partial charge on any atom is 0.300 e. The highest BCUT2D eigenvalue weighted by Gasteiger charge is 2.47. The number of ketones is 1. The topological polar surface area (TPSA) is 109 Å². The Balaban J connectivity index is 1.79. The monoisotopic (exact) mass is 499 g/mol. The zero-order valence-electron chi connectivity index (χ0n) is 21.2. The van der Waals surface area contributed by atoms with Gasteiger partial charge in [0.25, 0.3) is 11.7 Å². The van der Waals surface area contributed by atoms with Gasteiger partial charge in [-0.05, 0) is 78.6 Å². The molecule has 0 radical (unpaired) electrons. The Hall–Kier alpha value is -4.46. The molecule has 1 unspecified atom stereocenters. The Bertz CT molecular complexity index is 1360. The number of aliphatic hydroxyl groups is 1. The zero-order chi connectivity index (χ0) is 26.7. The van der Waals surface area contributed by atoms with Crippen molar-refractivity contribution in [2.75, 3.05) is 16.8 Å². The smallest absolute Gasteiger partial charge is 0.300 e. The van der Waals surface area contributed by atoms with E-state index >= 15 is 0 Å². The second-order valence-electron chi connectivity index (χ2n) is 9.36. The van der Waals surface area contributed by atoms with E-state index in [2.05, 4.69) is 24.1 Å². The third-order valence-electron chi connectivity index (χ3n) is 5.95. The van der Waals surface area contributed by atoms with Crippen molar-refractivity contribution < 1.29 is 24.2 Å². The number of nitrogens with one attached hydrogen (secondary N) is 1. The number of aromatic nitrogens is 1. The van der Waals surface area contributed by atoms with E-state index in [-0.39, 0.29) is 17.2 Å². The van der Waals surface area contributed by atoms with Crippen LogP contribution in [0.2, 0.25) is 0 Å². The number of nitrogens with zero attached hydrogens (tertiary/aromatic N) is 2. The van der Waals surface area contributed by atoms with Crippen LogP contribution in [0.4, 0.5) is 11.4 Å². The molecule has 1 aromatic heterocycles. The van der Waals surface area contributed by atoms with Crippen molar-refractivity contribution in [1.82, 2.24) is 4.98 Å². The van der Waals surface area contributed by atoms with Crippen molar-refractivity contribution in [3.8, 4) is 5.75 Å². The molecule has 2 amide bonds. The standard InChI is InChI=1S/C29H29N3O5/c1-17(2)16-37-24-10-5-21(15-18(24)3)27(34)25-26(20-11-13-30-14-12-20)32(29(36)28(25)35)23-8-6-22(7-9-23)31-19(4)33/h5-15,17,26,34H,16H2,1-4H3,(H,31,33)/b27-25-. The summed E-state index contributed by atoms with van der Waals surface area (Å²) in [6.45, 7) is 7.94. The van der Waals surface area contributed by atoms with Crippen LogP contribution in [-0.4, -0.2) is 34.3 Å². The fourth-order valence-corrected chi connectivity index (χ4v) is 4.24. The number of rotatable bonds is 7. The SMILES string of the molecule is CC(=O)Nc1ccc(N2C(=O)C(=O)/C(=C(\O)c3ccc(OCC(C)C)c(C)c3)C2c2ccncc2)cc1. The number of carbonyl (C=O) groups is 3. The highest BCUT2D eigenvalue weighted by molar-refractivity contribution is 6.51. The van der Waals surface area contributed by atoms with Crippen molar-refractivity contribution in [3.05, 3.63) is 89.3 Å². The van der Waals surface area contributed by atoms with E-state index in [0.29, 0.717) is 40.8 Å². The van der Waals surface area contributed by atoms with Crippen molar-refractivity contribution in [2.24, 2.45) is 5.92 Å². The maximum absolute atomic E-state index is 13.3. The Kier molecular flexibility index (Phi) is 7.38. The predicted molar refractivity (Wildman–Crippen MR) is 141 cm³/mol. The highest BCUT2D eigenvalue weighted by Crippen LogP contribution is 2.42. The van der Waals surface area contributed by atoms with Crippen LogP contribution < -0.4 is 15.0 Å². The first kappa shape index (κ1) is 25.6. The molecule has 0 aliphatic carbocycles. The first-order valence-corrected chi connectivity index (χ1v) is 12.0. The number of pyridine rings is 1. The van der Waals surface area contributed by atoms with Gasteiger partial charge in [0, 0.05) is 36.3 Å². The summed E-state index contributed by atoms with van der Waals surface area (Å²) in [5.74, 6) is -0.990. The molecule has 1 atom stereocenters. The predicted octanol–water partition coefficient (Wildman–Crippen LogP) is 5.01. The Morgan fingerprint density at radius 1 is 1.08 bits per heavy atom. The van der Waals surface area contributed by atoms with Gasteiger partial charge >= 0.3 is 0 Å². The number of hydrogen-bond acceptors (Lipinski definition) is 6. The van der Waals surface area contributed by atoms with E-state index in [4.69, 9.17) is 4.74 Å². The summed E-state index contributed by atoms with van der Waals surface area (Å²) in [6, 6.07) is 14.3. The van der Waals surface area contributed by atoms with Gasteiger partial charge in [-0.2, -0.15) is 0 Å². The van der Waals surface area contributed by atoms with Crippen LogP contribution in [0.25, 0.3) is 5.76 Å². The molecule has 2 N–H and O–H groups in total. The molecule has 0 bridgehead atoms. The summed E-state index contributed by atoms with van der Waals surface area (Å²) in [7, 11) is 0. The second-order valence-corrected chi connectivity index (χ2v) is 9.36. The molecule has 0 saturated carbocycles. The quantitative estimate of drug-likeness (QED) is 0.269. The van der Waals surface area contributed by atoms with E-state index in [1.54, 1.807) is 67.0 Å².